The third kappa shape index (κ3) is 3.80. The lowest BCUT2D eigenvalue weighted by Crippen LogP contribution is -1.91. The van der Waals surface area contributed by atoms with Gasteiger partial charge in [-0.1, -0.05) is 29.6 Å². The summed E-state index contributed by atoms with van der Waals surface area (Å²) in [5.41, 5.74) is 3.95. The van der Waals surface area contributed by atoms with Crippen LogP contribution in [0.3, 0.4) is 0 Å². The topological polar surface area (TPSA) is 57.4 Å². The molecule has 2 heterocycles. The first-order chi connectivity index (χ1) is 12.2. The largest absolute Gasteiger partial charge is 0.342 e. The van der Waals surface area contributed by atoms with Crippen LogP contribution >= 0.6 is 23.2 Å². The van der Waals surface area contributed by atoms with E-state index in [1.807, 2.05) is 36.4 Å². The van der Waals surface area contributed by atoms with Crippen molar-refractivity contribution >= 4 is 45.3 Å². The highest BCUT2D eigenvalue weighted by atomic mass is 35.5. The smallest absolute Gasteiger partial charge is 0.107 e. The third-order valence-corrected chi connectivity index (χ3v) is 4.78. The number of imidazole rings is 2. The second kappa shape index (κ2) is 7.06. The Labute approximate surface area is 155 Å². The number of halogens is 2. The van der Waals surface area contributed by atoms with E-state index >= 15 is 0 Å². The van der Waals surface area contributed by atoms with Gasteiger partial charge >= 0.3 is 0 Å². The molecule has 4 nitrogen and oxygen atoms in total. The number of rotatable bonds is 6. The van der Waals surface area contributed by atoms with Crippen molar-refractivity contribution in [2.45, 2.75) is 32.1 Å². The van der Waals surface area contributed by atoms with Gasteiger partial charge in [-0.3, -0.25) is 0 Å². The molecule has 0 aliphatic carbocycles. The number of aryl methyl sites for hydroxylation is 2. The minimum Gasteiger partial charge on any atom is -0.342 e. The van der Waals surface area contributed by atoms with Crippen LogP contribution in [0.2, 0.25) is 10.0 Å². The normalized spacial score (nSPS) is 11.6. The second-order valence-electron chi connectivity index (χ2n) is 6.25. The van der Waals surface area contributed by atoms with E-state index < -0.39 is 0 Å². The van der Waals surface area contributed by atoms with E-state index in [0.29, 0.717) is 0 Å². The number of aromatic amines is 2. The second-order valence-corrected chi connectivity index (χ2v) is 7.12. The molecule has 0 aliphatic rings. The minimum atomic E-state index is 0.731. The van der Waals surface area contributed by atoms with E-state index in [1.165, 1.54) is 0 Å². The summed E-state index contributed by atoms with van der Waals surface area (Å²) in [5.74, 6) is 2.05. The zero-order chi connectivity index (χ0) is 17.2. The molecule has 6 heteroatoms. The number of unbranched alkanes of at least 4 members (excludes halogenated alkanes) is 2. The number of hydrogen-bond donors (Lipinski definition) is 2. The molecule has 0 atom stereocenters. The summed E-state index contributed by atoms with van der Waals surface area (Å²) in [6, 6.07) is 11.5. The number of aromatic nitrogens is 4. The van der Waals surface area contributed by atoms with Crippen LogP contribution in [-0.4, -0.2) is 19.9 Å². The standard InChI is InChI=1S/C19H18Cl2N4/c20-12-6-8-14-16(10-12)24-18(22-14)4-2-1-3-5-19-23-15-9-7-13(21)11-17(15)25-19/h6-11H,1-5H2,(H,22,24)(H,23,25). The molecule has 25 heavy (non-hydrogen) atoms. The number of nitrogens with zero attached hydrogens (tertiary/aromatic N) is 2. The first-order valence-corrected chi connectivity index (χ1v) is 9.21. The Bertz CT molecular complexity index is 937. The molecule has 4 rings (SSSR count). The van der Waals surface area contributed by atoms with Crippen LogP contribution in [0.4, 0.5) is 0 Å². The van der Waals surface area contributed by atoms with Crippen LogP contribution in [-0.2, 0) is 12.8 Å². The Morgan fingerprint density at radius 3 is 1.64 bits per heavy atom. The number of fused-ring (bicyclic) bond motifs is 2. The highest BCUT2D eigenvalue weighted by molar-refractivity contribution is 6.31. The fraction of sp³-hybridized carbons (Fsp3) is 0.263. The highest BCUT2D eigenvalue weighted by Crippen LogP contribution is 2.19. The van der Waals surface area contributed by atoms with E-state index in [4.69, 9.17) is 23.2 Å². The van der Waals surface area contributed by atoms with Gasteiger partial charge in [-0.05, 0) is 49.2 Å². The molecule has 2 N–H and O–H groups in total. The fourth-order valence-corrected chi connectivity index (χ4v) is 3.41. The monoisotopic (exact) mass is 372 g/mol. The third-order valence-electron chi connectivity index (χ3n) is 4.31. The van der Waals surface area contributed by atoms with Crippen molar-refractivity contribution in [1.82, 2.24) is 19.9 Å². The average molecular weight is 373 g/mol. The van der Waals surface area contributed by atoms with E-state index in [2.05, 4.69) is 19.9 Å². The lowest BCUT2D eigenvalue weighted by atomic mass is 10.1. The molecule has 0 saturated carbocycles. The van der Waals surface area contributed by atoms with Crippen molar-refractivity contribution in [2.24, 2.45) is 0 Å². The molecule has 0 fully saturated rings. The molecule has 0 bridgehead atoms. The van der Waals surface area contributed by atoms with Crippen molar-refractivity contribution in [3.05, 3.63) is 58.1 Å². The van der Waals surface area contributed by atoms with Gasteiger partial charge in [0.1, 0.15) is 11.6 Å². The zero-order valence-corrected chi connectivity index (χ0v) is 15.2. The Morgan fingerprint density at radius 2 is 1.16 bits per heavy atom. The summed E-state index contributed by atoms with van der Waals surface area (Å²) in [4.78, 5) is 15.9. The maximum atomic E-state index is 6.01. The van der Waals surface area contributed by atoms with E-state index in [-0.39, 0.29) is 0 Å². The van der Waals surface area contributed by atoms with Gasteiger partial charge in [-0.25, -0.2) is 9.97 Å². The summed E-state index contributed by atoms with van der Waals surface area (Å²) in [7, 11) is 0. The molecule has 0 spiro atoms. The Hall–Kier alpha value is -2.04. The average Bonchev–Trinajstić information content (AvgIpc) is 3.16. The lowest BCUT2D eigenvalue weighted by Gasteiger charge is -1.98. The number of H-pyrrole nitrogens is 2. The van der Waals surface area contributed by atoms with Crippen LogP contribution in [0.1, 0.15) is 30.9 Å². The molecule has 0 radical (unpaired) electrons. The van der Waals surface area contributed by atoms with Crippen molar-refractivity contribution in [1.29, 1.82) is 0 Å². The summed E-state index contributed by atoms with van der Waals surface area (Å²) in [5, 5.41) is 1.46. The van der Waals surface area contributed by atoms with Crippen molar-refractivity contribution in [3.8, 4) is 0 Å². The number of benzene rings is 2. The molecule has 0 saturated heterocycles. The Balaban J connectivity index is 1.28. The highest BCUT2D eigenvalue weighted by Gasteiger charge is 2.05. The number of nitrogens with one attached hydrogen (secondary N) is 2. The SMILES string of the molecule is Clc1ccc2nc(CCCCCc3nc4ccc(Cl)cc4[nH]3)[nH]c2c1. The zero-order valence-electron chi connectivity index (χ0n) is 13.6. The first kappa shape index (κ1) is 16.4. The molecule has 0 aliphatic heterocycles. The fourth-order valence-electron chi connectivity index (χ4n) is 3.07. The van der Waals surface area contributed by atoms with Gasteiger partial charge in [0.25, 0.3) is 0 Å². The van der Waals surface area contributed by atoms with Gasteiger partial charge in [0.05, 0.1) is 22.1 Å². The van der Waals surface area contributed by atoms with Crippen LogP contribution in [0.15, 0.2) is 36.4 Å². The summed E-state index contributed by atoms with van der Waals surface area (Å²) >= 11 is 12.0. The van der Waals surface area contributed by atoms with Crippen LogP contribution in [0, 0.1) is 0 Å². The quantitative estimate of drug-likeness (QED) is 0.426. The minimum absolute atomic E-state index is 0.731. The molecule has 128 valence electrons. The lowest BCUT2D eigenvalue weighted by molar-refractivity contribution is 0.656. The maximum absolute atomic E-state index is 6.01. The predicted octanol–water partition coefficient (Wildman–Crippen LogP) is 5.70. The maximum Gasteiger partial charge on any atom is 0.107 e. The first-order valence-electron chi connectivity index (χ1n) is 8.46. The summed E-state index contributed by atoms with van der Waals surface area (Å²) < 4.78 is 0. The van der Waals surface area contributed by atoms with Crippen LogP contribution in [0.25, 0.3) is 22.1 Å². The van der Waals surface area contributed by atoms with E-state index in [1.54, 1.807) is 0 Å². The van der Waals surface area contributed by atoms with Crippen molar-refractivity contribution < 1.29 is 0 Å². The Kier molecular flexibility index (Phi) is 4.64. The van der Waals surface area contributed by atoms with Crippen LogP contribution < -0.4 is 0 Å². The molecule has 0 amide bonds. The summed E-state index contributed by atoms with van der Waals surface area (Å²) in [6.45, 7) is 0. The van der Waals surface area contributed by atoms with E-state index in [9.17, 15) is 0 Å². The molecular formula is C19H18Cl2N4. The predicted molar refractivity (Wildman–Crippen MR) is 103 cm³/mol. The molecular weight excluding hydrogens is 355 g/mol. The molecule has 2 aromatic carbocycles. The van der Waals surface area contributed by atoms with Gasteiger partial charge in [-0.2, -0.15) is 0 Å². The van der Waals surface area contributed by atoms with Gasteiger partial charge in [0.15, 0.2) is 0 Å². The number of hydrogen-bond acceptors (Lipinski definition) is 2. The van der Waals surface area contributed by atoms with Crippen molar-refractivity contribution in [2.75, 3.05) is 0 Å². The summed E-state index contributed by atoms with van der Waals surface area (Å²) in [6.07, 6.45) is 5.22. The van der Waals surface area contributed by atoms with Crippen molar-refractivity contribution in [3.63, 3.8) is 0 Å². The molecule has 4 aromatic rings. The van der Waals surface area contributed by atoms with Crippen LogP contribution in [0.5, 0.6) is 0 Å². The molecule has 2 aromatic heterocycles. The van der Waals surface area contributed by atoms with Gasteiger partial charge in [0, 0.05) is 22.9 Å². The Morgan fingerprint density at radius 1 is 0.680 bits per heavy atom. The van der Waals surface area contributed by atoms with Gasteiger partial charge < -0.3 is 9.97 Å². The molecule has 0 unspecified atom stereocenters. The van der Waals surface area contributed by atoms with Gasteiger partial charge in [0.2, 0.25) is 0 Å². The van der Waals surface area contributed by atoms with E-state index in [0.717, 1.165) is 75.9 Å². The van der Waals surface area contributed by atoms with Gasteiger partial charge in [-0.15, -0.1) is 0 Å².